The van der Waals surface area contributed by atoms with Crippen molar-refractivity contribution in [2.24, 2.45) is 4.99 Å². The summed E-state index contributed by atoms with van der Waals surface area (Å²) >= 11 is 0. The Morgan fingerprint density at radius 2 is 1.08 bits per heavy atom. The number of aliphatic imine (C=N–C) groups is 1. The lowest BCUT2D eigenvalue weighted by Gasteiger charge is -2.52. The van der Waals surface area contributed by atoms with Crippen molar-refractivity contribution in [1.82, 2.24) is 0 Å². The first-order valence-corrected chi connectivity index (χ1v) is 12.7. The molecule has 0 aromatic heterocycles. The summed E-state index contributed by atoms with van der Waals surface area (Å²) in [5, 5.41) is 0. The molecule has 1 unspecified atom stereocenters. The molecule has 36 heavy (non-hydrogen) atoms. The van der Waals surface area contributed by atoms with Crippen LogP contribution in [0.2, 0.25) is 0 Å². The van der Waals surface area contributed by atoms with Gasteiger partial charge < -0.3 is 9.80 Å². The molecule has 182 valence electrons. The monoisotopic (exact) mass is 473 g/mol. The minimum atomic E-state index is -0.461. The Balaban J connectivity index is 1.92. The lowest BCUT2D eigenvalue weighted by atomic mass is 9.49. The van der Waals surface area contributed by atoms with Crippen LogP contribution in [0.25, 0.3) is 0 Å². The molecular formula is C33H35N3. The maximum atomic E-state index is 5.09. The Morgan fingerprint density at radius 3 is 1.58 bits per heavy atom. The Bertz CT molecular complexity index is 1300. The molecule has 5 rings (SSSR count). The van der Waals surface area contributed by atoms with Crippen molar-refractivity contribution in [3.63, 3.8) is 0 Å². The van der Waals surface area contributed by atoms with Crippen molar-refractivity contribution in [3.8, 4) is 0 Å². The van der Waals surface area contributed by atoms with E-state index < -0.39 is 5.41 Å². The van der Waals surface area contributed by atoms with Gasteiger partial charge in [0.15, 0.2) is 0 Å². The fraction of sp³-hybridized carbons (Fsp3) is 0.242. The second-order valence-electron chi connectivity index (χ2n) is 10.1. The fourth-order valence-electron chi connectivity index (χ4n) is 6.02. The summed E-state index contributed by atoms with van der Waals surface area (Å²) in [6.07, 6.45) is 3.13. The van der Waals surface area contributed by atoms with Crippen molar-refractivity contribution >= 4 is 23.3 Å². The van der Waals surface area contributed by atoms with Gasteiger partial charge in [-0.2, -0.15) is 0 Å². The average molecular weight is 474 g/mol. The van der Waals surface area contributed by atoms with Gasteiger partial charge in [0.05, 0.1) is 11.1 Å². The molecule has 0 saturated heterocycles. The molecule has 4 aromatic rings. The molecule has 0 radical (unpaired) electrons. The largest absolute Gasteiger partial charge is 0.378 e. The number of benzene rings is 4. The number of para-hydroxylation sites is 1. The zero-order valence-corrected chi connectivity index (χ0v) is 21.9. The van der Waals surface area contributed by atoms with Crippen molar-refractivity contribution in [2.45, 2.75) is 24.2 Å². The highest BCUT2D eigenvalue weighted by Gasteiger charge is 2.56. The number of fused-ring (bicyclic) bond motifs is 1. The highest BCUT2D eigenvalue weighted by atomic mass is 15.1. The predicted octanol–water partition coefficient (Wildman–Crippen LogP) is 7.22. The summed E-state index contributed by atoms with van der Waals surface area (Å²) in [4.78, 5) is 9.40. The number of hydrogen-bond donors (Lipinski definition) is 0. The molecule has 0 aliphatic carbocycles. The molecule has 0 N–H and O–H groups in total. The van der Waals surface area contributed by atoms with E-state index in [1.165, 1.54) is 33.6 Å². The fourth-order valence-corrected chi connectivity index (χ4v) is 6.02. The first kappa shape index (κ1) is 23.9. The highest BCUT2D eigenvalue weighted by Crippen LogP contribution is 2.58. The molecule has 0 amide bonds. The van der Waals surface area contributed by atoms with Crippen LogP contribution in [-0.2, 0) is 10.8 Å². The Morgan fingerprint density at radius 1 is 0.583 bits per heavy atom. The molecule has 3 heteroatoms. The van der Waals surface area contributed by atoms with Crippen LogP contribution in [0.5, 0.6) is 0 Å². The van der Waals surface area contributed by atoms with Crippen molar-refractivity contribution in [3.05, 3.63) is 125 Å². The standard InChI is InChI=1S/C33H35N3/c1-6-32(25-12-8-7-9-13-25)24-34-31-15-11-10-14-30(31)33(32,26-16-20-28(21-17-26)35(2)3)27-18-22-29(23-19-27)36(4)5/h7-24H,6H2,1-5H3. The number of nitrogens with zero attached hydrogens (tertiary/aromatic N) is 3. The molecule has 1 aliphatic heterocycles. The first-order valence-electron chi connectivity index (χ1n) is 12.7. The van der Waals surface area contributed by atoms with E-state index >= 15 is 0 Å². The topological polar surface area (TPSA) is 18.8 Å². The molecule has 1 heterocycles. The number of rotatable bonds is 6. The third-order valence-electron chi connectivity index (χ3n) is 7.88. The molecule has 4 aromatic carbocycles. The second kappa shape index (κ2) is 9.31. The molecule has 0 bridgehead atoms. The summed E-state index contributed by atoms with van der Waals surface area (Å²) in [6.45, 7) is 2.30. The Kier molecular flexibility index (Phi) is 6.17. The van der Waals surface area contributed by atoms with Crippen LogP contribution < -0.4 is 9.80 Å². The van der Waals surface area contributed by atoms with Crippen LogP contribution in [0.4, 0.5) is 17.1 Å². The van der Waals surface area contributed by atoms with E-state index in [-0.39, 0.29) is 5.41 Å². The lowest BCUT2D eigenvalue weighted by Crippen LogP contribution is -2.53. The zero-order valence-electron chi connectivity index (χ0n) is 21.9. The SMILES string of the molecule is CCC1(c2ccccc2)C=Nc2ccccc2C1(c1ccc(N(C)C)cc1)c1ccc(N(C)C)cc1. The molecule has 1 atom stereocenters. The van der Waals surface area contributed by atoms with E-state index in [2.05, 4.69) is 154 Å². The van der Waals surface area contributed by atoms with Crippen LogP contribution >= 0.6 is 0 Å². The summed E-state index contributed by atoms with van der Waals surface area (Å²) < 4.78 is 0. The third-order valence-corrected chi connectivity index (χ3v) is 7.88. The van der Waals surface area contributed by atoms with Crippen LogP contribution in [0.3, 0.4) is 0 Å². The summed E-state index contributed by atoms with van der Waals surface area (Å²) in [6, 6.07) is 37.8. The van der Waals surface area contributed by atoms with E-state index in [0.717, 1.165) is 12.1 Å². The summed E-state index contributed by atoms with van der Waals surface area (Å²) in [5.74, 6) is 0. The van der Waals surface area contributed by atoms with Crippen LogP contribution in [-0.4, -0.2) is 34.4 Å². The van der Waals surface area contributed by atoms with Gasteiger partial charge in [-0.3, -0.25) is 4.99 Å². The van der Waals surface area contributed by atoms with E-state index in [1.54, 1.807) is 0 Å². The van der Waals surface area contributed by atoms with Crippen molar-refractivity contribution in [2.75, 3.05) is 38.0 Å². The van der Waals surface area contributed by atoms with Crippen LogP contribution in [0.1, 0.15) is 35.6 Å². The van der Waals surface area contributed by atoms with E-state index in [9.17, 15) is 0 Å². The van der Waals surface area contributed by atoms with E-state index in [1.807, 2.05) is 0 Å². The van der Waals surface area contributed by atoms with Crippen LogP contribution in [0.15, 0.2) is 108 Å². The number of hydrogen-bond acceptors (Lipinski definition) is 3. The zero-order chi connectivity index (χ0) is 25.3. The van der Waals surface area contributed by atoms with Gasteiger partial charge in [0, 0.05) is 51.2 Å². The van der Waals surface area contributed by atoms with Gasteiger partial charge in [0.1, 0.15) is 0 Å². The molecule has 0 spiro atoms. The Labute approximate surface area is 215 Å². The highest BCUT2D eigenvalue weighted by molar-refractivity contribution is 5.88. The van der Waals surface area contributed by atoms with Gasteiger partial charge in [-0.15, -0.1) is 0 Å². The predicted molar refractivity (Wildman–Crippen MR) is 154 cm³/mol. The average Bonchev–Trinajstić information content (AvgIpc) is 2.93. The molecular weight excluding hydrogens is 438 g/mol. The van der Waals surface area contributed by atoms with Gasteiger partial charge in [-0.1, -0.05) is 79.7 Å². The molecule has 0 fully saturated rings. The van der Waals surface area contributed by atoms with Gasteiger partial charge in [0.25, 0.3) is 0 Å². The van der Waals surface area contributed by atoms with Crippen molar-refractivity contribution in [1.29, 1.82) is 0 Å². The normalized spacial score (nSPS) is 17.9. The lowest BCUT2D eigenvalue weighted by molar-refractivity contribution is 0.389. The quantitative estimate of drug-likeness (QED) is 0.294. The minimum Gasteiger partial charge on any atom is -0.378 e. The summed E-state index contributed by atoms with van der Waals surface area (Å²) in [5.41, 5.74) is 7.65. The smallest absolute Gasteiger partial charge is 0.0671 e. The molecule has 1 aliphatic rings. The molecule has 0 saturated carbocycles. The van der Waals surface area contributed by atoms with Gasteiger partial charge in [-0.25, -0.2) is 0 Å². The maximum absolute atomic E-state index is 5.09. The minimum absolute atomic E-state index is 0.373. The first-order chi connectivity index (χ1) is 17.4. The third kappa shape index (κ3) is 3.53. The van der Waals surface area contributed by atoms with Crippen molar-refractivity contribution < 1.29 is 0 Å². The van der Waals surface area contributed by atoms with Gasteiger partial charge >= 0.3 is 0 Å². The molecule has 3 nitrogen and oxygen atoms in total. The van der Waals surface area contributed by atoms with Crippen LogP contribution in [0, 0.1) is 0 Å². The number of anilines is 2. The summed E-state index contributed by atoms with van der Waals surface area (Å²) in [7, 11) is 8.36. The Hall–Kier alpha value is -3.85. The second-order valence-corrected chi connectivity index (χ2v) is 10.1. The maximum Gasteiger partial charge on any atom is 0.0671 e. The van der Waals surface area contributed by atoms with E-state index in [4.69, 9.17) is 4.99 Å². The van der Waals surface area contributed by atoms with Gasteiger partial charge in [0.2, 0.25) is 0 Å². The van der Waals surface area contributed by atoms with Gasteiger partial charge in [-0.05, 0) is 59.0 Å². The van der Waals surface area contributed by atoms with E-state index in [0.29, 0.717) is 0 Å².